The van der Waals surface area contributed by atoms with Crippen molar-refractivity contribution in [2.75, 3.05) is 7.05 Å². The summed E-state index contributed by atoms with van der Waals surface area (Å²) < 4.78 is 2.04. The Balaban J connectivity index is 2.28. The number of rotatable bonds is 3. The van der Waals surface area contributed by atoms with E-state index in [1.807, 2.05) is 36.7 Å². The van der Waals surface area contributed by atoms with Crippen molar-refractivity contribution >= 4 is 16.9 Å². The van der Waals surface area contributed by atoms with Crippen molar-refractivity contribution in [3.05, 3.63) is 29.6 Å². The zero-order valence-corrected chi connectivity index (χ0v) is 10.9. The zero-order valence-electron chi connectivity index (χ0n) is 10.9. The molecule has 2 aromatic rings. The van der Waals surface area contributed by atoms with Gasteiger partial charge in [0, 0.05) is 14.1 Å². The van der Waals surface area contributed by atoms with Gasteiger partial charge < -0.3 is 15.6 Å². The molecule has 0 spiro atoms. The predicted octanol–water partition coefficient (Wildman–Crippen LogP) is 0.498. The molecule has 1 heterocycles. The number of amides is 1. The van der Waals surface area contributed by atoms with E-state index in [4.69, 9.17) is 5.73 Å². The number of carbonyl (C=O) groups excluding carboxylic acids is 1. The highest BCUT2D eigenvalue weighted by atomic mass is 16.2. The molecule has 3 N–H and O–H groups in total. The molecule has 0 saturated heterocycles. The minimum absolute atomic E-state index is 0.146. The maximum Gasteiger partial charge on any atom is 0.237 e. The number of fused-ring (bicyclic) bond motifs is 1. The molecule has 1 aromatic heterocycles. The van der Waals surface area contributed by atoms with Gasteiger partial charge in [-0.25, -0.2) is 4.98 Å². The van der Waals surface area contributed by atoms with E-state index in [9.17, 15) is 4.79 Å². The molecule has 5 heteroatoms. The first-order chi connectivity index (χ1) is 8.52. The molecule has 0 aliphatic heterocycles. The Morgan fingerprint density at radius 2 is 2.28 bits per heavy atom. The molecule has 0 aliphatic rings. The number of nitrogens with two attached hydrogens (primary N) is 1. The topological polar surface area (TPSA) is 72.9 Å². The van der Waals surface area contributed by atoms with Crippen molar-refractivity contribution in [3.63, 3.8) is 0 Å². The molecule has 1 unspecified atom stereocenters. The number of hydrogen-bond donors (Lipinski definition) is 2. The van der Waals surface area contributed by atoms with Gasteiger partial charge in [-0.2, -0.15) is 0 Å². The van der Waals surface area contributed by atoms with Crippen LogP contribution in [0.5, 0.6) is 0 Å². The molecular weight excluding hydrogens is 228 g/mol. The lowest BCUT2D eigenvalue weighted by Gasteiger charge is -2.09. The number of nitrogens with zero attached hydrogens (tertiary/aromatic N) is 2. The quantitative estimate of drug-likeness (QED) is 0.828. The molecule has 1 aromatic carbocycles. The number of imidazole rings is 1. The van der Waals surface area contributed by atoms with E-state index in [-0.39, 0.29) is 5.91 Å². The summed E-state index contributed by atoms with van der Waals surface area (Å²) in [6.07, 6.45) is 0.519. The molecule has 0 radical (unpaired) electrons. The first kappa shape index (κ1) is 12.6. The minimum atomic E-state index is -0.516. The van der Waals surface area contributed by atoms with Crippen molar-refractivity contribution < 1.29 is 4.79 Å². The zero-order chi connectivity index (χ0) is 13.3. The third-order valence-corrected chi connectivity index (χ3v) is 3.21. The van der Waals surface area contributed by atoms with Crippen LogP contribution in [0.1, 0.15) is 11.4 Å². The highest BCUT2D eigenvalue weighted by molar-refractivity contribution is 5.82. The van der Waals surface area contributed by atoms with Gasteiger partial charge >= 0.3 is 0 Å². The lowest BCUT2D eigenvalue weighted by Crippen LogP contribution is -2.40. The number of carbonyl (C=O) groups is 1. The van der Waals surface area contributed by atoms with Crippen LogP contribution < -0.4 is 11.1 Å². The molecule has 0 fully saturated rings. The average molecular weight is 246 g/mol. The number of aryl methyl sites for hydroxylation is 2. The van der Waals surface area contributed by atoms with Gasteiger partial charge in [0.05, 0.1) is 17.1 Å². The van der Waals surface area contributed by atoms with Crippen LogP contribution >= 0.6 is 0 Å². The Kier molecular flexibility index (Phi) is 3.34. The van der Waals surface area contributed by atoms with Crippen LogP contribution in [0.3, 0.4) is 0 Å². The number of aromatic nitrogens is 2. The van der Waals surface area contributed by atoms with Crippen molar-refractivity contribution in [3.8, 4) is 0 Å². The Morgan fingerprint density at radius 1 is 1.56 bits per heavy atom. The highest BCUT2D eigenvalue weighted by Crippen LogP contribution is 2.17. The summed E-state index contributed by atoms with van der Waals surface area (Å²) in [7, 11) is 3.58. The number of benzene rings is 1. The fourth-order valence-electron chi connectivity index (χ4n) is 2.02. The maximum atomic E-state index is 11.4. The van der Waals surface area contributed by atoms with Gasteiger partial charge in [-0.3, -0.25) is 4.79 Å². The van der Waals surface area contributed by atoms with Crippen LogP contribution in [0.25, 0.3) is 11.0 Å². The third-order valence-electron chi connectivity index (χ3n) is 3.21. The van der Waals surface area contributed by atoms with Gasteiger partial charge in [0.2, 0.25) is 5.91 Å². The Labute approximate surface area is 106 Å². The summed E-state index contributed by atoms with van der Waals surface area (Å²) in [5, 5.41) is 2.55. The molecule has 2 rings (SSSR count). The van der Waals surface area contributed by atoms with E-state index in [0.29, 0.717) is 6.42 Å². The highest BCUT2D eigenvalue weighted by Gasteiger charge is 2.13. The second-order valence-electron chi connectivity index (χ2n) is 4.47. The SMILES string of the molecule is CNC(=O)C(N)Cc1ccc2c(c1)nc(C)n2C. The van der Waals surface area contributed by atoms with Crippen molar-refractivity contribution in [1.82, 2.24) is 14.9 Å². The first-order valence-electron chi connectivity index (χ1n) is 5.92. The Hall–Kier alpha value is -1.88. The second kappa shape index (κ2) is 4.78. The second-order valence-corrected chi connectivity index (χ2v) is 4.47. The van der Waals surface area contributed by atoms with Crippen molar-refractivity contribution in [2.45, 2.75) is 19.4 Å². The van der Waals surface area contributed by atoms with Crippen molar-refractivity contribution in [2.24, 2.45) is 12.8 Å². The van der Waals surface area contributed by atoms with Gasteiger partial charge in [-0.15, -0.1) is 0 Å². The fraction of sp³-hybridized carbons (Fsp3) is 0.385. The largest absolute Gasteiger partial charge is 0.358 e. The summed E-state index contributed by atoms with van der Waals surface area (Å²) in [4.78, 5) is 15.8. The number of hydrogen-bond acceptors (Lipinski definition) is 3. The molecule has 1 amide bonds. The van der Waals surface area contributed by atoms with Gasteiger partial charge in [-0.05, 0) is 31.0 Å². The monoisotopic (exact) mass is 246 g/mol. The maximum absolute atomic E-state index is 11.4. The summed E-state index contributed by atoms with van der Waals surface area (Å²) in [6, 6.07) is 5.48. The van der Waals surface area contributed by atoms with E-state index in [1.165, 1.54) is 0 Å². The van der Waals surface area contributed by atoms with Gasteiger partial charge in [0.25, 0.3) is 0 Å². The predicted molar refractivity (Wildman–Crippen MR) is 71.2 cm³/mol. The summed E-state index contributed by atoms with van der Waals surface area (Å²) in [5.74, 6) is 0.824. The van der Waals surface area contributed by atoms with E-state index >= 15 is 0 Å². The van der Waals surface area contributed by atoms with E-state index in [0.717, 1.165) is 22.4 Å². The Morgan fingerprint density at radius 3 is 2.94 bits per heavy atom. The van der Waals surface area contributed by atoms with Crippen LogP contribution in [0, 0.1) is 6.92 Å². The standard InChI is InChI=1S/C13H18N4O/c1-8-16-11-7-9(4-5-12(11)17(8)3)6-10(14)13(18)15-2/h4-5,7,10H,6,14H2,1-3H3,(H,15,18). The van der Waals surface area contributed by atoms with E-state index < -0.39 is 6.04 Å². The van der Waals surface area contributed by atoms with Crippen LogP contribution in [-0.2, 0) is 18.3 Å². The molecular formula is C13H18N4O. The Bertz CT molecular complexity index is 588. The molecule has 96 valence electrons. The summed E-state index contributed by atoms with van der Waals surface area (Å²) >= 11 is 0. The van der Waals surface area contributed by atoms with Crippen LogP contribution in [0.4, 0.5) is 0 Å². The first-order valence-corrected chi connectivity index (χ1v) is 5.92. The molecule has 0 bridgehead atoms. The average Bonchev–Trinajstić information content (AvgIpc) is 2.63. The van der Waals surface area contributed by atoms with Crippen LogP contribution in [0.15, 0.2) is 18.2 Å². The summed E-state index contributed by atoms with van der Waals surface area (Å²) in [6.45, 7) is 1.97. The lowest BCUT2D eigenvalue weighted by molar-refractivity contribution is -0.121. The van der Waals surface area contributed by atoms with Gasteiger partial charge in [0.15, 0.2) is 0 Å². The molecule has 0 aliphatic carbocycles. The smallest absolute Gasteiger partial charge is 0.237 e. The number of likely N-dealkylation sites (N-methyl/N-ethyl adjacent to an activating group) is 1. The van der Waals surface area contributed by atoms with Gasteiger partial charge in [0.1, 0.15) is 5.82 Å². The molecule has 1 atom stereocenters. The third kappa shape index (κ3) is 2.22. The molecule has 18 heavy (non-hydrogen) atoms. The normalized spacial score (nSPS) is 12.7. The lowest BCUT2D eigenvalue weighted by atomic mass is 10.1. The van der Waals surface area contributed by atoms with Crippen molar-refractivity contribution in [1.29, 1.82) is 0 Å². The molecule has 0 saturated carbocycles. The van der Waals surface area contributed by atoms with E-state index in [1.54, 1.807) is 7.05 Å². The molecule has 5 nitrogen and oxygen atoms in total. The number of nitrogens with one attached hydrogen (secondary N) is 1. The van der Waals surface area contributed by atoms with Crippen LogP contribution in [-0.4, -0.2) is 28.5 Å². The van der Waals surface area contributed by atoms with E-state index in [2.05, 4.69) is 10.3 Å². The minimum Gasteiger partial charge on any atom is -0.358 e. The van der Waals surface area contributed by atoms with Gasteiger partial charge in [-0.1, -0.05) is 6.07 Å². The summed E-state index contributed by atoms with van der Waals surface area (Å²) in [5.41, 5.74) is 8.86. The fourth-order valence-corrected chi connectivity index (χ4v) is 2.02. The van der Waals surface area contributed by atoms with Crippen LogP contribution in [0.2, 0.25) is 0 Å².